The number of carbonyl (C=O) groups is 2. The third kappa shape index (κ3) is 6.76. The molecule has 2 aliphatic rings. The van der Waals surface area contributed by atoms with E-state index in [-0.39, 0.29) is 32.3 Å². The first-order chi connectivity index (χ1) is 11.6. The minimum absolute atomic E-state index is 0. The summed E-state index contributed by atoms with van der Waals surface area (Å²) in [5.41, 5.74) is 0. The van der Waals surface area contributed by atoms with Crippen molar-refractivity contribution in [3.05, 3.63) is 24.3 Å². The topological polar surface area (TPSA) is 115 Å². The number of carbonyl (C=O) groups excluding carboxylic acids is 2. The lowest BCUT2D eigenvalue weighted by Crippen LogP contribution is -2.21. The van der Waals surface area contributed by atoms with Gasteiger partial charge in [0.05, 0.1) is 26.8 Å². The van der Waals surface area contributed by atoms with E-state index in [1.807, 2.05) is 24.3 Å². The van der Waals surface area contributed by atoms with E-state index >= 15 is 0 Å². The van der Waals surface area contributed by atoms with Gasteiger partial charge < -0.3 is 34.7 Å². The summed E-state index contributed by atoms with van der Waals surface area (Å²) in [7, 11) is 1.61. The van der Waals surface area contributed by atoms with Crippen molar-refractivity contribution in [2.24, 2.45) is 0 Å². The lowest BCUT2D eigenvalue weighted by atomic mass is 10.3. The van der Waals surface area contributed by atoms with Gasteiger partial charge >= 0.3 is 12.2 Å². The summed E-state index contributed by atoms with van der Waals surface area (Å²) in [6, 6.07) is 7.24. The summed E-state index contributed by atoms with van der Waals surface area (Å²) in [4.78, 5) is 20.9. The van der Waals surface area contributed by atoms with Gasteiger partial charge in [-0.2, -0.15) is 0 Å². The smallest absolute Gasteiger partial charge is 0.407 e. The van der Waals surface area contributed by atoms with E-state index in [9.17, 15) is 9.59 Å². The van der Waals surface area contributed by atoms with Crippen LogP contribution in [0.2, 0.25) is 0 Å². The highest BCUT2D eigenvalue weighted by molar-refractivity contribution is 5.69. The molecule has 0 bridgehead atoms. The molecule has 0 unspecified atom stereocenters. The number of cyclic esters (lactones) is 2. The van der Waals surface area contributed by atoms with Crippen LogP contribution in [0.5, 0.6) is 11.5 Å². The molecular formula is C16H24N2O7. The summed E-state index contributed by atoms with van der Waals surface area (Å²) in [6.45, 7) is 1.17. The third-order valence-corrected chi connectivity index (χ3v) is 3.19. The van der Waals surface area contributed by atoms with Crippen molar-refractivity contribution in [2.45, 2.75) is 19.6 Å². The van der Waals surface area contributed by atoms with E-state index in [2.05, 4.69) is 15.4 Å². The molecule has 0 radical (unpaired) electrons. The Morgan fingerprint density at radius 2 is 1.56 bits per heavy atom. The maximum Gasteiger partial charge on any atom is 0.407 e. The number of nitrogens with one attached hydrogen (secondary N) is 2. The fourth-order valence-electron chi connectivity index (χ4n) is 1.92. The summed E-state index contributed by atoms with van der Waals surface area (Å²) >= 11 is 0. The standard InChI is InChI=1S/C11H13NO4.C4H7NO3.CH4/c1-14-8-2-4-9(5-3-8)15-7-10-6-12-11(13)16-10;6-2-3-1-5-4(7)8-3;/h2-5,10H,6-7H2,1H3,(H,12,13);3,6H,1-2H2,(H,5,7);1H4/t10-;3-;/m11./s1. The number of amides is 2. The van der Waals surface area contributed by atoms with Gasteiger partial charge in [-0.25, -0.2) is 9.59 Å². The van der Waals surface area contributed by atoms with Crippen LogP contribution in [0.3, 0.4) is 0 Å². The number of alkyl carbamates (subject to hydrolysis) is 2. The number of aliphatic hydroxyl groups is 1. The van der Waals surface area contributed by atoms with Crippen LogP contribution in [0, 0.1) is 0 Å². The van der Waals surface area contributed by atoms with Gasteiger partial charge in [-0.3, -0.25) is 0 Å². The Morgan fingerprint density at radius 1 is 1.04 bits per heavy atom. The lowest BCUT2D eigenvalue weighted by molar-refractivity contribution is 0.0961. The van der Waals surface area contributed by atoms with Gasteiger partial charge in [-0.1, -0.05) is 7.43 Å². The van der Waals surface area contributed by atoms with Gasteiger partial charge in [0.15, 0.2) is 6.10 Å². The molecule has 140 valence electrons. The Kier molecular flexibility index (Phi) is 8.34. The molecule has 3 rings (SSSR count). The molecule has 1 aromatic carbocycles. The van der Waals surface area contributed by atoms with Crippen molar-refractivity contribution in [3.63, 3.8) is 0 Å². The van der Waals surface area contributed by atoms with Crippen LogP contribution in [-0.2, 0) is 9.47 Å². The Hall–Kier alpha value is -2.68. The molecule has 2 heterocycles. The zero-order valence-electron chi connectivity index (χ0n) is 13.2. The molecule has 0 saturated carbocycles. The monoisotopic (exact) mass is 356 g/mol. The fraction of sp³-hybridized carbons (Fsp3) is 0.500. The van der Waals surface area contributed by atoms with Gasteiger partial charge in [0.25, 0.3) is 0 Å². The van der Waals surface area contributed by atoms with Gasteiger partial charge in [0.1, 0.15) is 24.2 Å². The van der Waals surface area contributed by atoms with E-state index < -0.39 is 6.09 Å². The van der Waals surface area contributed by atoms with Crippen LogP contribution < -0.4 is 20.1 Å². The van der Waals surface area contributed by atoms with Crippen molar-refractivity contribution in [3.8, 4) is 11.5 Å². The summed E-state index contributed by atoms with van der Waals surface area (Å²) in [5, 5.41) is 13.3. The molecular weight excluding hydrogens is 332 g/mol. The van der Waals surface area contributed by atoms with Gasteiger partial charge in [-0.15, -0.1) is 0 Å². The summed E-state index contributed by atoms with van der Waals surface area (Å²) in [5.74, 6) is 1.50. The average Bonchev–Trinajstić information content (AvgIpc) is 3.22. The van der Waals surface area contributed by atoms with E-state index in [1.165, 1.54) is 0 Å². The van der Waals surface area contributed by atoms with Crippen molar-refractivity contribution in [1.29, 1.82) is 0 Å². The van der Waals surface area contributed by atoms with Crippen LogP contribution in [0.25, 0.3) is 0 Å². The predicted molar refractivity (Wildman–Crippen MR) is 88.8 cm³/mol. The number of hydrogen-bond donors (Lipinski definition) is 3. The number of benzene rings is 1. The molecule has 2 saturated heterocycles. The maximum atomic E-state index is 10.7. The molecule has 1 aromatic rings. The van der Waals surface area contributed by atoms with Crippen LogP contribution in [0.1, 0.15) is 7.43 Å². The molecule has 0 aliphatic carbocycles. The quantitative estimate of drug-likeness (QED) is 0.718. The van der Waals surface area contributed by atoms with E-state index in [0.717, 1.165) is 11.5 Å². The number of methoxy groups -OCH3 is 1. The maximum absolute atomic E-state index is 10.7. The Balaban J connectivity index is 0.000000295. The molecule has 0 spiro atoms. The number of aliphatic hydroxyl groups excluding tert-OH is 1. The molecule has 9 heteroatoms. The molecule has 0 aromatic heterocycles. The normalized spacial score (nSPS) is 20.7. The minimum Gasteiger partial charge on any atom is -0.497 e. The van der Waals surface area contributed by atoms with Crippen LogP contribution in [0.4, 0.5) is 9.59 Å². The van der Waals surface area contributed by atoms with Crippen LogP contribution >= 0.6 is 0 Å². The zero-order valence-corrected chi connectivity index (χ0v) is 13.2. The molecule has 2 atom stereocenters. The highest BCUT2D eigenvalue weighted by Gasteiger charge is 2.22. The van der Waals surface area contributed by atoms with E-state index in [1.54, 1.807) is 7.11 Å². The summed E-state index contributed by atoms with van der Waals surface area (Å²) in [6.07, 6.45) is -1.37. The van der Waals surface area contributed by atoms with Crippen LogP contribution in [0.15, 0.2) is 24.3 Å². The van der Waals surface area contributed by atoms with Crippen molar-refractivity contribution >= 4 is 12.2 Å². The van der Waals surface area contributed by atoms with Crippen molar-refractivity contribution < 1.29 is 33.6 Å². The molecule has 2 amide bonds. The molecule has 9 nitrogen and oxygen atoms in total. The SMILES string of the molecule is C.COc1ccc(OC[C@H]2CNC(=O)O2)cc1.O=C1NC[C@H](CO)O1. The Labute approximate surface area is 146 Å². The van der Waals surface area contributed by atoms with E-state index in [0.29, 0.717) is 19.7 Å². The third-order valence-electron chi connectivity index (χ3n) is 3.19. The minimum atomic E-state index is -0.441. The number of rotatable bonds is 5. The highest BCUT2D eigenvalue weighted by atomic mass is 16.6. The number of hydrogen-bond acceptors (Lipinski definition) is 7. The van der Waals surface area contributed by atoms with Crippen LogP contribution in [-0.4, -0.2) is 62.9 Å². The first-order valence-corrected chi connectivity index (χ1v) is 7.37. The first kappa shape index (κ1) is 20.4. The molecule has 3 N–H and O–H groups in total. The Morgan fingerprint density at radius 3 is 1.96 bits per heavy atom. The number of ether oxygens (including phenoxy) is 4. The largest absolute Gasteiger partial charge is 0.497 e. The Bertz CT molecular complexity index is 550. The van der Waals surface area contributed by atoms with E-state index in [4.69, 9.17) is 19.3 Å². The predicted octanol–water partition coefficient (Wildman–Crippen LogP) is 0.906. The van der Waals surface area contributed by atoms with Gasteiger partial charge in [0.2, 0.25) is 0 Å². The van der Waals surface area contributed by atoms with Crippen molar-refractivity contribution in [1.82, 2.24) is 10.6 Å². The second-order valence-corrected chi connectivity index (χ2v) is 4.99. The highest BCUT2D eigenvalue weighted by Crippen LogP contribution is 2.17. The second kappa shape index (κ2) is 10.2. The lowest BCUT2D eigenvalue weighted by Gasteiger charge is -2.10. The zero-order chi connectivity index (χ0) is 17.4. The van der Waals surface area contributed by atoms with Gasteiger partial charge in [-0.05, 0) is 24.3 Å². The van der Waals surface area contributed by atoms with Gasteiger partial charge in [0, 0.05) is 0 Å². The summed E-state index contributed by atoms with van der Waals surface area (Å²) < 4.78 is 19.9. The molecule has 25 heavy (non-hydrogen) atoms. The first-order valence-electron chi connectivity index (χ1n) is 7.37. The molecule has 2 aliphatic heterocycles. The second-order valence-electron chi connectivity index (χ2n) is 4.99. The molecule has 2 fully saturated rings. The fourth-order valence-corrected chi connectivity index (χ4v) is 1.92. The van der Waals surface area contributed by atoms with Crippen molar-refractivity contribution in [2.75, 3.05) is 33.4 Å². The average molecular weight is 356 g/mol.